The Labute approximate surface area is 101 Å². The van der Waals surface area contributed by atoms with E-state index in [2.05, 4.69) is 10.5 Å². The van der Waals surface area contributed by atoms with Crippen LogP contribution < -0.4 is 5.32 Å². The van der Waals surface area contributed by atoms with Crippen LogP contribution in [0, 0.1) is 12.3 Å². The summed E-state index contributed by atoms with van der Waals surface area (Å²) in [6, 6.07) is 0. The van der Waals surface area contributed by atoms with Gasteiger partial charge in [0.1, 0.15) is 0 Å². The van der Waals surface area contributed by atoms with Gasteiger partial charge in [0.05, 0.1) is 12.3 Å². The van der Waals surface area contributed by atoms with Gasteiger partial charge in [-0.05, 0) is 18.8 Å². The molecule has 0 aliphatic carbocycles. The van der Waals surface area contributed by atoms with Crippen LogP contribution in [-0.4, -0.2) is 28.8 Å². The Morgan fingerprint density at radius 3 is 2.71 bits per heavy atom. The molecule has 1 atom stereocenters. The molecule has 5 nitrogen and oxygen atoms in total. The zero-order valence-corrected chi connectivity index (χ0v) is 10.8. The Morgan fingerprint density at radius 1 is 1.59 bits per heavy atom. The molecular formula is C12H20N2O3. The molecule has 96 valence electrons. The number of aliphatic hydroxyl groups is 1. The molecule has 2 N–H and O–H groups in total. The van der Waals surface area contributed by atoms with Gasteiger partial charge in [0.25, 0.3) is 5.91 Å². The van der Waals surface area contributed by atoms with Crippen LogP contribution in [-0.2, 0) is 0 Å². The molecule has 0 fully saturated rings. The fourth-order valence-corrected chi connectivity index (χ4v) is 1.58. The molecule has 1 amide bonds. The Morgan fingerprint density at radius 2 is 2.24 bits per heavy atom. The van der Waals surface area contributed by atoms with Gasteiger partial charge in [0, 0.05) is 12.1 Å². The minimum atomic E-state index is -0.554. The predicted molar refractivity (Wildman–Crippen MR) is 63.7 cm³/mol. The fourth-order valence-electron chi connectivity index (χ4n) is 1.58. The molecule has 0 spiro atoms. The normalized spacial score (nSPS) is 13.5. The number of aliphatic hydroxyl groups excluding tert-OH is 1. The summed E-state index contributed by atoms with van der Waals surface area (Å²) < 4.78 is 4.82. The van der Waals surface area contributed by atoms with E-state index in [-0.39, 0.29) is 23.6 Å². The third-order valence-corrected chi connectivity index (χ3v) is 2.30. The maximum absolute atomic E-state index is 11.6. The summed E-state index contributed by atoms with van der Waals surface area (Å²) in [5.74, 6) is -0.138. The van der Waals surface area contributed by atoms with E-state index in [9.17, 15) is 9.90 Å². The van der Waals surface area contributed by atoms with Gasteiger partial charge < -0.3 is 14.9 Å². The highest BCUT2D eigenvalue weighted by atomic mass is 16.5. The van der Waals surface area contributed by atoms with Crippen LogP contribution in [0.4, 0.5) is 0 Å². The quantitative estimate of drug-likeness (QED) is 0.836. The second-order valence-corrected chi connectivity index (χ2v) is 5.47. The highest BCUT2D eigenvalue weighted by molar-refractivity contribution is 5.92. The Bertz CT molecular complexity index is 379. The van der Waals surface area contributed by atoms with E-state index < -0.39 is 6.10 Å². The van der Waals surface area contributed by atoms with Gasteiger partial charge >= 0.3 is 0 Å². The molecule has 0 bridgehead atoms. The van der Waals surface area contributed by atoms with Crippen molar-refractivity contribution in [3.8, 4) is 0 Å². The van der Waals surface area contributed by atoms with Crippen molar-refractivity contribution in [2.24, 2.45) is 5.41 Å². The largest absolute Gasteiger partial charge is 0.391 e. The van der Waals surface area contributed by atoms with E-state index in [4.69, 9.17) is 4.52 Å². The molecule has 1 heterocycles. The Balaban J connectivity index is 2.42. The first-order valence-corrected chi connectivity index (χ1v) is 5.67. The number of aryl methyl sites for hydroxylation is 1. The molecule has 1 aromatic rings. The minimum absolute atomic E-state index is 0.0340. The summed E-state index contributed by atoms with van der Waals surface area (Å²) in [5.41, 5.74) is 0.722. The van der Waals surface area contributed by atoms with Crippen molar-refractivity contribution in [1.82, 2.24) is 10.5 Å². The van der Waals surface area contributed by atoms with Crippen molar-refractivity contribution in [3.63, 3.8) is 0 Å². The summed E-state index contributed by atoms with van der Waals surface area (Å²) in [4.78, 5) is 11.6. The van der Waals surface area contributed by atoms with Crippen molar-refractivity contribution in [2.45, 2.75) is 40.2 Å². The third kappa shape index (κ3) is 4.56. The standard InChI is InChI=1S/C12H20N2O3/c1-8-6-14-17-10(8)11(16)13-7-9(15)5-12(2,3)4/h6,9,15H,5,7H2,1-4H3,(H,13,16). The minimum Gasteiger partial charge on any atom is -0.391 e. The molecular weight excluding hydrogens is 220 g/mol. The highest BCUT2D eigenvalue weighted by Gasteiger charge is 2.19. The van der Waals surface area contributed by atoms with E-state index in [1.165, 1.54) is 6.20 Å². The van der Waals surface area contributed by atoms with E-state index in [1.54, 1.807) is 6.92 Å². The first-order chi connectivity index (χ1) is 7.79. The van der Waals surface area contributed by atoms with Crippen LogP contribution in [0.25, 0.3) is 0 Å². The van der Waals surface area contributed by atoms with E-state index in [0.717, 1.165) is 0 Å². The van der Waals surface area contributed by atoms with E-state index >= 15 is 0 Å². The number of carbonyl (C=O) groups excluding carboxylic acids is 1. The van der Waals surface area contributed by atoms with Crippen LogP contribution in [0.5, 0.6) is 0 Å². The van der Waals surface area contributed by atoms with Crippen LogP contribution in [0.3, 0.4) is 0 Å². The van der Waals surface area contributed by atoms with Crippen LogP contribution in [0.1, 0.15) is 43.3 Å². The summed E-state index contributed by atoms with van der Waals surface area (Å²) in [6.07, 6.45) is 1.56. The number of aromatic nitrogens is 1. The number of nitrogens with one attached hydrogen (secondary N) is 1. The van der Waals surface area contributed by atoms with Gasteiger partial charge in [-0.15, -0.1) is 0 Å². The second kappa shape index (κ2) is 5.31. The van der Waals surface area contributed by atoms with Gasteiger partial charge in [-0.3, -0.25) is 4.79 Å². The van der Waals surface area contributed by atoms with Gasteiger partial charge in [-0.25, -0.2) is 0 Å². The smallest absolute Gasteiger partial charge is 0.290 e. The molecule has 1 rings (SSSR count). The number of hydrogen-bond donors (Lipinski definition) is 2. The SMILES string of the molecule is Cc1cnoc1C(=O)NCC(O)CC(C)(C)C. The van der Waals surface area contributed by atoms with Crippen molar-refractivity contribution < 1.29 is 14.4 Å². The zero-order valence-electron chi connectivity index (χ0n) is 10.8. The number of rotatable bonds is 4. The van der Waals surface area contributed by atoms with Gasteiger partial charge in [0.15, 0.2) is 0 Å². The van der Waals surface area contributed by atoms with Crippen LogP contribution in [0.2, 0.25) is 0 Å². The zero-order chi connectivity index (χ0) is 13.1. The maximum atomic E-state index is 11.6. The maximum Gasteiger partial charge on any atom is 0.290 e. The highest BCUT2D eigenvalue weighted by Crippen LogP contribution is 2.20. The molecule has 0 saturated carbocycles. The summed E-state index contributed by atoms with van der Waals surface area (Å²) in [6.45, 7) is 8.09. The Kier molecular flexibility index (Phi) is 4.28. The summed E-state index contributed by atoms with van der Waals surface area (Å²) >= 11 is 0. The molecule has 0 saturated heterocycles. The number of amides is 1. The second-order valence-electron chi connectivity index (χ2n) is 5.47. The molecule has 1 aromatic heterocycles. The number of nitrogens with zero attached hydrogens (tertiary/aromatic N) is 1. The third-order valence-electron chi connectivity index (χ3n) is 2.30. The van der Waals surface area contributed by atoms with Crippen molar-refractivity contribution >= 4 is 5.91 Å². The summed E-state index contributed by atoms with van der Waals surface area (Å²) in [7, 11) is 0. The van der Waals surface area contributed by atoms with Crippen LogP contribution in [0.15, 0.2) is 10.7 Å². The van der Waals surface area contributed by atoms with Crippen molar-refractivity contribution in [2.75, 3.05) is 6.54 Å². The monoisotopic (exact) mass is 240 g/mol. The van der Waals surface area contributed by atoms with Crippen molar-refractivity contribution in [1.29, 1.82) is 0 Å². The van der Waals surface area contributed by atoms with Crippen molar-refractivity contribution in [3.05, 3.63) is 17.5 Å². The summed E-state index contributed by atoms with van der Waals surface area (Å²) in [5, 5.41) is 15.9. The molecule has 5 heteroatoms. The first kappa shape index (κ1) is 13.7. The molecule has 0 aromatic carbocycles. The lowest BCUT2D eigenvalue weighted by atomic mass is 9.89. The Hall–Kier alpha value is -1.36. The molecule has 0 aliphatic heterocycles. The lowest BCUT2D eigenvalue weighted by Crippen LogP contribution is -2.34. The average Bonchev–Trinajstić information content (AvgIpc) is 2.58. The average molecular weight is 240 g/mol. The van der Waals surface area contributed by atoms with Gasteiger partial charge in [-0.1, -0.05) is 25.9 Å². The molecule has 17 heavy (non-hydrogen) atoms. The molecule has 0 radical (unpaired) electrons. The molecule has 1 unspecified atom stereocenters. The topological polar surface area (TPSA) is 75.4 Å². The lowest BCUT2D eigenvalue weighted by Gasteiger charge is -2.22. The van der Waals surface area contributed by atoms with E-state index in [1.807, 2.05) is 20.8 Å². The lowest BCUT2D eigenvalue weighted by molar-refractivity contribution is 0.0836. The van der Waals surface area contributed by atoms with E-state index in [0.29, 0.717) is 12.0 Å². The van der Waals surface area contributed by atoms with Gasteiger partial charge in [-0.2, -0.15) is 0 Å². The molecule has 0 aliphatic rings. The number of carbonyl (C=O) groups is 1. The predicted octanol–water partition coefficient (Wildman–Crippen LogP) is 1.51. The fraction of sp³-hybridized carbons (Fsp3) is 0.667. The van der Waals surface area contributed by atoms with Gasteiger partial charge in [0.2, 0.25) is 5.76 Å². The number of hydrogen-bond acceptors (Lipinski definition) is 4. The first-order valence-electron chi connectivity index (χ1n) is 5.67. The van der Waals surface area contributed by atoms with Crippen LogP contribution >= 0.6 is 0 Å².